The Kier molecular flexibility index (Phi) is 6.76. The second-order valence-corrected chi connectivity index (χ2v) is 7.36. The van der Waals surface area contributed by atoms with Crippen LogP contribution in [0.2, 0.25) is 0 Å². The van der Waals surface area contributed by atoms with Crippen molar-refractivity contribution in [3.8, 4) is 11.1 Å². The molecule has 2 aromatic carbocycles. The lowest BCUT2D eigenvalue weighted by molar-refractivity contribution is 0.0992. The quantitative estimate of drug-likeness (QED) is 0.393. The molecule has 3 unspecified atom stereocenters. The highest BCUT2D eigenvalue weighted by molar-refractivity contribution is 14.0. The maximum absolute atomic E-state index is 5.92. The summed E-state index contributed by atoms with van der Waals surface area (Å²) in [7, 11) is 1.83. The van der Waals surface area contributed by atoms with Crippen LogP contribution in [0.15, 0.2) is 53.5 Å². The first-order valence-corrected chi connectivity index (χ1v) is 9.50. The highest BCUT2D eigenvalue weighted by Gasteiger charge is 2.41. The van der Waals surface area contributed by atoms with Crippen LogP contribution in [0, 0.1) is 6.92 Å². The van der Waals surface area contributed by atoms with Crippen molar-refractivity contribution in [1.29, 1.82) is 0 Å². The molecule has 2 bridgehead atoms. The number of halogens is 1. The molecule has 4 nitrogen and oxygen atoms in total. The van der Waals surface area contributed by atoms with Gasteiger partial charge in [-0.05, 0) is 48.9 Å². The van der Waals surface area contributed by atoms with Crippen molar-refractivity contribution < 1.29 is 4.74 Å². The fraction of sp³-hybridized carbons (Fsp3) is 0.409. The van der Waals surface area contributed by atoms with Crippen LogP contribution in [0.4, 0.5) is 0 Å². The van der Waals surface area contributed by atoms with Gasteiger partial charge in [0, 0.05) is 13.6 Å². The third-order valence-electron chi connectivity index (χ3n) is 5.39. The Balaban J connectivity index is 0.00000210. The summed E-state index contributed by atoms with van der Waals surface area (Å²) in [5.41, 5.74) is 5.03. The molecule has 2 heterocycles. The van der Waals surface area contributed by atoms with Gasteiger partial charge in [-0.15, -0.1) is 24.0 Å². The molecular weight excluding hydrogens is 449 g/mol. The molecule has 5 heteroatoms. The molecule has 0 radical (unpaired) electrons. The topological polar surface area (TPSA) is 45.7 Å². The fourth-order valence-corrected chi connectivity index (χ4v) is 4.03. The summed E-state index contributed by atoms with van der Waals surface area (Å²) in [5, 5.41) is 6.98. The molecule has 0 saturated carbocycles. The lowest BCUT2D eigenvalue weighted by Crippen LogP contribution is -2.47. The van der Waals surface area contributed by atoms with Crippen LogP contribution in [0.1, 0.15) is 30.4 Å². The molecule has 0 aliphatic carbocycles. The van der Waals surface area contributed by atoms with Gasteiger partial charge in [0.15, 0.2) is 5.96 Å². The van der Waals surface area contributed by atoms with E-state index in [-0.39, 0.29) is 24.0 Å². The van der Waals surface area contributed by atoms with Crippen molar-refractivity contribution in [3.63, 3.8) is 0 Å². The van der Waals surface area contributed by atoms with E-state index in [1.54, 1.807) is 0 Å². The first-order chi connectivity index (χ1) is 12.7. The van der Waals surface area contributed by atoms with E-state index in [9.17, 15) is 0 Å². The number of hydrogen-bond donors (Lipinski definition) is 2. The van der Waals surface area contributed by atoms with Crippen molar-refractivity contribution in [1.82, 2.24) is 10.6 Å². The smallest absolute Gasteiger partial charge is 0.191 e. The Bertz CT molecular complexity index is 808. The van der Waals surface area contributed by atoms with Crippen LogP contribution < -0.4 is 10.6 Å². The van der Waals surface area contributed by atoms with E-state index in [1.165, 1.54) is 28.7 Å². The zero-order chi connectivity index (χ0) is 17.9. The summed E-state index contributed by atoms with van der Waals surface area (Å²) in [6, 6.07) is 17.7. The lowest BCUT2D eigenvalue weighted by atomic mass is 9.96. The van der Waals surface area contributed by atoms with E-state index in [0.29, 0.717) is 18.2 Å². The van der Waals surface area contributed by atoms with Crippen molar-refractivity contribution in [3.05, 3.63) is 59.7 Å². The number of rotatable bonds is 4. The Hall–Kier alpha value is -1.60. The van der Waals surface area contributed by atoms with Gasteiger partial charge in [-0.25, -0.2) is 0 Å². The lowest BCUT2D eigenvalue weighted by Gasteiger charge is -2.22. The Labute approximate surface area is 178 Å². The molecule has 2 saturated heterocycles. The molecule has 4 rings (SSSR count). The molecule has 0 amide bonds. The van der Waals surface area contributed by atoms with Crippen molar-refractivity contribution >= 4 is 29.9 Å². The third kappa shape index (κ3) is 4.82. The van der Waals surface area contributed by atoms with E-state index < -0.39 is 0 Å². The van der Waals surface area contributed by atoms with E-state index in [0.717, 1.165) is 25.3 Å². The van der Waals surface area contributed by atoms with Gasteiger partial charge < -0.3 is 15.4 Å². The number of nitrogens with one attached hydrogen (secondary N) is 2. The molecule has 3 atom stereocenters. The van der Waals surface area contributed by atoms with Crippen LogP contribution in [-0.2, 0) is 11.3 Å². The largest absolute Gasteiger partial charge is 0.373 e. The number of ether oxygens (including phenoxy) is 1. The van der Waals surface area contributed by atoms with Crippen LogP contribution in [0.5, 0.6) is 0 Å². The summed E-state index contributed by atoms with van der Waals surface area (Å²) in [5.74, 6) is 0.854. The van der Waals surface area contributed by atoms with E-state index in [2.05, 4.69) is 71.1 Å². The minimum absolute atomic E-state index is 0. The summed E-state index contributed by atoms with van der Waals surface area (Å²) < 4.78 is 5.92. The SMILES string of the molecule is CN=C(NCc1cccc(-c2cccc(C)c2)c1)NC1CC2CCC1O2.I. The average molecular weight is 477 g/mol. The predicted octanol–water partition coefficient (Wildman–Crippen LogP) is 4.26. The molecule has 27 heavy (non-hydrogen) atoms. The first kappa shape index (κ1) is 20.1. The number of fused-ring (bicyclic) bond motifs is 2. The number of hydrogen-bond acceptors (Lipinski definition) is 2. The number of guanidine groups is 1. The molecule has 2 aliphatic heterocycles. The summed E-state index contributed by atoms with van der Waals surface area (Å²) >= 11 is 0. The molecule has 2 aromatic rings. The minimum atomic E-state index is 0. The summed E-state index contributed by atoms with van der Waals surface area (Å²) in [6.45, 7) is 2.88. The van der Waals surface area contributed by atoms with Crippen LogP contribution in [0.3, 0.4) is 0 Å². The zero-order valence-electron chi connectivity index (χ0n) is 15.9. The molecule has 0 aromatic heterocycles. The Morgan fingerprint density at radius 2 is 1.89 bits per heavy atom. The van der Waals surface area contributed by atoms with E-state index in [4.69, 9.17) is 4.74 Å². The number of aliphatic imine (C=N–C) groups is 1. The van der Waals surface area contributed by atoms with Crippen LogP contribution >= 0.6 is 24.0 Å². The normalized spacial score (nSPS) is 23.8. The maximum atomic E-state index is 5.92. The molecule has 144 valence electrons. The monoisotopic (exact) mass is 477 g/mol. The van der Waals surface area contributed by atoms with Gasteiger partial charge in [0.05, 0.1) is 18.2 Å². The average Bonchev–Trinajstić information content (AvgIpc) is 3.28. The van der Waals surface area contributed by atoms with Crippen molar-refractivity contribution in [2.24, 2.45) is 4.99 Å². The van der Waals surface area contributed by atoms with E-state index >= 15 is 0 Å². The second-order valence-electron chi connectivity index (χ2n) is 7.36. The highest BCUT2D eigenvalue weighted by Crippen LogP contribution is 2.34. The van der Waals surface area contributed by atoms with Gasteiger partial charge in [0.25, 0.3) is 0 Å². The highest BCUT2D eigenvalue weighted by atomic mass is 127. The number of benzene rings is 2. The van der Waals surface area contributed by atoms with Crippen molar-refractivity contribution in [2.75, 3.05) is 7.05 Å². The molecule has 2 N–H and O–H groups in total. The third-order valence-corrected chi connectivity index (χ3v) is 5.39. The zero-order valence-corrected chi connectivity index (χ0v) is 18.3. The number of nitrogens with zero attached hydrogens (tertiary/aromatic N) is 1. The summed E-state index contributed by atoms with van der Waals surface area (Å²) in [6.07, 6.45) is 4.26. The Morgan fingerprint density at radius 3 is 2.56 bits per heavy atom. The van der Waals surface area contributed by atoms with Crippen molar-refractivity contribution in [2.45, 2.75) is 51.0 Å². The van der Waals surface area contributed by atoms with Crippen LogP contribution in [-0.4, -0.2) is 31.3 Å². The van der Waals surface area contributed by atoms with Gasteiger partial charge in [-0.2, -0.15) is 0 Å². The summed E-state index contributed by atoms with van der Waals surface area (Å²) in [4.78, 5) is 4.38. The first-order valence-electron chi connectivity index (χ1n) is 9.50. The van der Waals surface area contributed by atoms with Gasteiger partial charge in [0.2, 0.25) is 0 Å². The van der Waals surface area contributed by atoms with E-state index in [1.807, 2.05) is 7.05 Å². The molecule has 2 aliphatic rings. The second kappa shape index (κ2) is 9.06. The molecule has 2 fully saturated rings. The van der Waals surface area contributed by atoms with Gasteiger partial charge >= 0.3 is 0 Å². The fourth-order valence-electron chi connectivity index (χ4n) is 4.03. The van der Waals surface area contributed by atoms with Gasteiger partial charge in [-0.3, -0.25) is 4.99 Å². The standard InChI is InChI=1S/C22H27N3O.HI/c1-15-5-3-7-17(11-15)18-8-4-6-16(12-18)14-24-22(23-2)25-20-13-19-9-10-21(20)26-19;/h3-8,11-12,19-21H,9-10,13-14H2,1-2H3,(H2,23,24,25);1H. The van der Waals surface area contributed by atoms with Gasteiger partial charge in [0.1, 0.15) is 0 Å². The predicted molar refractivity (Wildman–Crippen MR) is 122 cm³/mol. The Morgan fingerprint density at radius 1 is 1.11 bits per heavy atom. The minimum Gasteiger partial charge on any atom is -0.373 e. The number of aryl methyl sites for hydroxylation is 1. The molecular formula is C22H28IN3O. The maximum Gasteiger partial charge on any atom is 0.191 e. The van der Waals surface area contributed by atoms with Crippen LogP contribution in [0.25, 0.3) is 11.1 Å². The van der Waals surface area contributed by atoms with Gasteiger partial charge in [-0.1, -0.05) is 48.0 Å². The molecule has 0 spiro atoms.